The summed E-state index contributed by atoms with van der Waals surface area (Å²) in [6, 6.07) is 18.4. The number of hydrogen-bond donors (Lipinski definition) is 4. The molecule has 6 rings (SSSR count). The average molecular weight is 755 g/mol. The summed E-state index contributed by atoms with van der Waals surface area (Å²) in [5.74, 6) is 0.517. The van der Waals surface area contributed by atoms with Gasteiger partial charge in [0.05, 0.1) is 29.4 Å². The Morgan fingerprint density at radius 2 is 1.83 bits per heavy atom. The number of nitrogens with zero attached hydrogens (tertiary/aromatic N) is 3. The van der Waals surface area contributed by atoms with Gasteiger partial charge in [-0.05, 0) is 92.0 Å². The molecular weight excluding hydrogens is 708 g/mol. The van der Waals surface area contributed by atoms with Crippen molar-refractivity contribution in [1.82, 2.24) is 15.2 Å². The molecule has 1 fully saturated rings. The zero-order chi connectivity index (χ0) is 38.2. The van der Waals surface area contributed by atoms with Crippen LogP contribution in [-0.2, 0) is 24.4 Å². The van der Waals surface area contributed by atoms with E-state index in [-0.39, 0.29) is 25.4 Å². The molecule has 1 aromatic heterocycles. The van der Waals surface area contributed by atoms with Crippen molar-refractivity contribution in [2.45, 2.75) is 83.5 Å². The highest BCUT2D eigenvalue weighted by Crippen LogP contribution is 2.44. The lowest BCUT2D eigenvalue weighted by Gasteiger charge is -2.29. The Kier molecular flexibility index (Phi) is 13.1. The van der Waals surface area contributed by atoms with E-state index in [0.717, 1.165) is 79.7 Å². The van der Waals surface area contributed by atoms with Gasteiger partial charge in [-0.3, -0.25) is 15.1 Å². The van der Waals surface area contributed by atoms with Crippen molar-refractivity contribution in [2.24, 2.45) is 0 Å². The molecule has 54 heavy (non-hydrogen) atoms. The first-order valence-electron chi connectivity index (χ1n) is 18.5. The number of aromatic nitrogens is 1. The minimum atomic E-state index is -1.20. The molecule has 3 atom stereocenters. The van der Waals surface area contributed by atoms with Gasteiger partial charge in [0.2, 0.25) is 0 Å². The summed E-state index contributed by atoms with van der Waals surface area (Å²) in [5, 5.41) is 41.9. The lowest BCUT2D eigenvalue weighted by atomic mass is 9.93. The molecule has 0 saturated carbocycles. The van der Waals surface area contributed by atoms with Crippen LogP contribution < -0.4 is 19.5 Å². The smallest absolute Gasteiger partial charge is 0.323 e. The Balaban J connectivity index is 1.19. The van der Waals surface area contributed by atoms with Crippen LogP contribution >= 0.6 is 11.6 Å². The van der Waals surface area contributed by atoms with E-state index in [1.165, 1.54) is 18.7 Å². The number of hydrogen-bond acceptors (Lipinski definition) is 10. The highest BCUT2D eigenvalue weighted by Gasteiger charge is 2.29. The summed E-state index contributed by atoms with van der Waals surface area (Å²) in [6.45, 7) is 7.09. The first-order valence-corrected chi connectivity index (χ1v) is 18.8. The van der Waals surface area contributed by atoms with E-state index < -0.39 is 18.1 Å². The Morgan fingerprint density at radius 3 is 2.59 bits per heavy atom. The Hall–Kier alpha value is -4.70. The van der Waals surface area contributed by atoms with Crippen molar-refractivity contribution in [3.05, 3.63) is 105 Å². The van der Waals surface area contributed by atoms with Crippen molar-refractivity contribution in [2.75, 3.05) is 26.2 Å². The molecule has 4 N–H and O–H groups in total. The van der Waals surface area contributed by atoms with E-state index in [0.29, 0.717) is 39.8 Å². The van der Waals surface area contributed by atoms with Crippen molar-refractivity contribution < 1.29 is 34.3 Å². The minimum Gasteiger partial charge on any atom is -0.493 e. The van der Waals surface area contributed by atoms with Gasteiger partial charge in [0.15, 0.2) is 0 Å². The number of pyridine rings is 1. The Bertz CT molecular complexity index is 1970. The number of likely N-dealkylation sites (tertiary alicyclic amines) is 1. The molecule has 1 aliphatic heterocycles. The molecule has 284 valence electrons. The zero-order valence-corrected chi connectivity index (χ0v) is 31.4. The van der Waals surface area contributed by atoms with Gasteiger partial charge >= 0.3 is 5.97 Å². The molecule has 0 spiro atoms. The van der Waals surface area contributed by atoms with E-state index in [9.17, 15) is 25.4 Å². The standard InChI is InChI=1S/C42H47ClN4O7/c1-26-32(6-4-9-37(26)52-17-5-14-47-15-12-31(49)13-16-47)33-7-3-8-35-34(33)10-11-38(35)54-40-20-39(53-25-29-18-28(21-44)22-45-23-29)30(19-36(40)43)24-46-41(27(2)48)42(50)51/h3-4,6-9,18-20,22-23,27,31,38,41,46,48-49H,5,10-17,24-25H2,1-2H3,(H,50,51)/t27-,38?,41+/m1/s1. The lowest BCUT2D eigenvalue weighted by Crippen LogP contribution is -2.44. The maximum absolute atomic E-state index is 11.7. The number of halogens is 1. The fourth-order valence-corrected chi connectivity index (χ4v) is 7.46. The maximum atomic E-state index is 11.7. The van der Waals surface area contributed by atoms with E-state index in [2.05, 4.69) is 46.4 Å². The second-order valence-electron chi connectivity index (χ2n) is 14.0. The summed E-state index contributed by atoms with van der Waals surface area (Å²) in [5.41, 5.74) is 7.29. The normalized spacial score (nSPS) is 17.0. The van der Waals surface area contributed by atoms with Crippen LogP contribution in [0.25, 0.3) is 11.1 Å². The van der Waals surface area contributed by atoms with Crippen LogP contribution in [0.5, 0.6) is 17.2 Å². The van der Waals surface area contributed by atoms with Crippen LogP contribution in [0.2, 0.25) is 5.02 Å². The molecule has 2 aliphatic rings. The third kappa shape index (κ3) is 9.50. The van der Waals surface area contributed by atoms with E-state index in [4.69, 9.17) is 25.8 Å². The summed E-state index contributed by atoms with van der Waals surface area (Å²) >= 11 is 6.82. The van der Waals surface area contributed by atoms with Crippen molar-refractivity contribution in [1.29, 1.82) is 5.26 Å². The van der Waals surface area contributed by atoms with E-state index in [1.807, 2.05) is 18.2 Å². The van der Waals surface area contributed by atoms with Gasteiger partial charge in [-0.15, -0.1) is 0 Å². The third-order valence-electron chi connectivity index (χ3n) is 10.2. The van der Waals surface area contributed by atoms with Crippen molar-refractivity contribution >= 4 is 17.6 Å². The molecule has 4 aromatic rings. The van der Waals surface area contributed by atoms with Crippen LogP contribution in [0.3, 0.4) is 0 Å². The molecule has 0 radical (unpaired) electrons. The van der Waals surface area contributed by atoms with Crippen LogP contribution in [0.1, 0.15) is 72.1 Å². The van der Waals surface area contributed by atoms with Gasteiger partial charge in [-0.1, -0.05) is 41.9 Å². The van der Waals surface area contributed by atoms with E-state index in [1.54, 1.807) is 24.4 Å². The predicted molar refractivity (Wildman–Crippen MR) is 205 cm³/mol. The van der Waals surface area contributed by atoms with Crippen LogP contribution in [0, 0.1) is 18.3 Å². The van der Waals surface area contributed by atoms with Gasteiger partial charge in [-0.2, -0.15) is 5.26 Å². The number of nitriles is 1. The van der Waals surface area contributed by atoms with Gasteiger partial charge in [0.25, 0.3) is 0 Å². The minimum absolute atomic E-state index is 0.0505. The number of carbonyl (C=O) groups is 1. The van der Waals surface area contributed by atoms with E-state index >= 15 is 0 Å². The summed E-state index contributed by atoms with van der Waals surface area (Å²) < 4.78 is 19.1. The number of benzene rings is 3. The summed E-state index contributed by atoms with van der Waals surface area (Å²) in [7, 11) is 0. The van der Waals surface area contributed by atoms with Crippen molar-refractivity contribution in [3.8, 4) is 34.4 Å². The number of nitrogens with one attached hydrogen (secondary N) is 1. The number of carboxylic acids is 1. The SMILES string of the molecule is Cc1c(OCCCN2CCC(O)CC2)cccc1-c1cccc2c1CCC2Oc1cc(OCc2cncc(C#N)c2)c(CN[C@H](C(=O)O)[C@@H](C)O)cc1Cl. The van der Waals surface area contributed by atoms with Gasteiger partial charge in [0, 0.05) is 55.8 Å². The fourth-order valence-electron chi connectivity index (χ4n) is 7.23. The Morgan fingerprint density at radius 1 is 1.06 bits per heavy atom. The predicted octanol–water partition coefficient (Wildman–Crippen LogP) is 6.38. The number of aliphatic hydroxyl groups excluding tert-OH is 2. The van der Waals surface area contributed by atoms with Gasteiger partial charge < -0.3 is 34.4 Å². The molecular formula is C42H47ClN4O7. The lowest BCUT2D eigenvalue weighted by molar-refractivity contribution is -0.142. The molecule has 11 nitrogen and oxygen atoms in total. The van der Waals surface area contributed by atoms with Crippen LogP contribution in [-0.4, -0.2) is 75.7 Å². The highest BCUT2D eigenvalue weighted by molar-refractivity contribution is 6.32. The van der Waals surface area contributed by atoms with Crippen LogP contribution in [0.4, 0.5) is 0 Å². The maximum Gasteiger partial charge on any atom is 0.323 e. The molecule has 1 saturated heterocycles. The summed E-state index contributed by atoms with van der Waals surface area (Å²) in [6.07, 6.45) is 5.65. The third-order valence-corrected chi connectivity index (χ3v) is 10.5. The largest absolute Gasteiger partial charge is 0.493 e. The number of rotatable bonds is 16. The fraction of sp³-hybridized carbons (Fsp3) is 0.405. The number of piperidine rings is 1. The highest BCUT2D eigenvalue weighted by atomic mass is 35.5. The zero-order valence-electron chi connectivity index (χ0n) is 30.6. The second kappa shape index (κ2) is 18.1. The number of fused-ring (bicyclic) bond motifs is 1. The molecule has 0 bridgehead atoms. The number of ether oxygens (including phenoxy) is 3. The van der Waals surface area contributed by atoms with Crippen LogP contribution in [0.15, 0.2) is 67.0 Å². The average Bonchev–Trinajstić information content (AvgIpc) is 3.58. The number of carboxylic acid groups (broad SMARTS) is 1. The molecule has 0 amide bonds. The van der Waals surface area contributed by atoms with Gasteiger partial charge in [-0.25, -0.2) is 0 Å². The molecule has 1 aliphatic carbocycles. The monoisotopic (exact) mass is 754 g/mol. The first kappa shape index (κ1) is 39.0. The molecule has 3 aromatic carbocycles. The number of aliphatic carboxylic acids is 1. The van der Waals surface area contributed by atoms with Crippen molar-refractivity contribution in [3.63, 3.8) is 0 Å². The second-order valence-corrected chi connectivity index (χ2v) is 14.4. The first-order chi connectivity index (χ1) is 26.1. The molecule has 1 unspecified atom stereocenters. The quantitative estimate of drug-likeness (QED) is 0.0942. The topological polar surface area (TPSA) is 157 Å². The molecule has 2 heterocycles. The summed E-state index contributed by atoms with van der Waals surface area (Å²) in [4.78, 5) is 18.3. The Labute approximate surface area is 321 Å². The van der Waals surface area contributed by atoms with Gasteiger partial charge in [0.1, 0.15) is 42.1 Å². The molecule has 12 heteroatoms. The number of aliphatic hydroxyl groups is 2.